The third-order valence-corrected chi connectivity index (χ3v) is 3.87. The SMILES string of the molecule is CCOc1c(Br)cc(C(=O)N/N=C\C(CC)CC)cc1OC. The molecule has 0 aliphatic rings. The Kier molecular flexibility index (Phi) is 7.95. The van der Waals surface area contributed by atoms with E-state index in [0.717, 1.165) is 12.8 Å². The Hall–Kier alpha value is -1.56. The molecule has 1 amide bonds. The van der Waals surface area contributed by atoms with E-state index in [1.807, 2.05) is 6.92 Å². The van der Waals surface area contributed by atoms with Crippen molar-refractivity contribution in [2.75, 3.05) is 13.7 Å². The summed E-state index contributed by atoms with van der Waals surface area (Å²) in [5, 5.41) is 4.02. The van der Waals surface area contributed by atoms with Gasteiger partial charge in [0.1, 0.15) is 0 Å². The van der Waals surface area contributed by atoms with Crippen molar-refractivity contribution in [3.8, 4) is 11.5 Å². The van der Waals surface area contributed by atoms with Crippen molar-refractivity contribution in [2.24, 2.45) is 11.0 Å². The number of carbonyl (C=O) groups excluding carboxylic acids is 1. The highest BCUT2D eigenvalue weighted by atomic mass is 79.9. The van der Waals surface area contributed by atoms with Crippen LogP contribution in [0.4, 0.5) is 0 Å². The molecule has 0 saturated carbocycles. The molecule has 0 unspecified atom stereocenters. The van der Waals surface area contributed by atoms with Crippen molar-refractivity contribution in [3.63, 3.8) is 0 Å². The number of hydrogen-bond donors (Lipinski definition) is 1. The van der Waals surface area contributed by atoms with Gasteiger partial charge >= 0.3 is 0 Å². The average molecular weight is 371 g/mol. The fourth-order valence-electron chi connectivity index (χ4n) is 1.90. The number of benzene rings is 1. The zero-order chi connectivity index (χ0) is 16.5. The van der Waals surface area contributed by atoms with Gasteiger partial charge in [-0.05, 0) is 53.7 Å². The lowest BCUT2D eigenvalue weighted by Crippen LogP contribution is -2.18. The highest BCUT2D eigenvalue weighted by Gasteiger charge is 2.15. The molecule has 0 spiro atoms. The molecule has 1 aromatic carbocycles. The van der Waals surface area contributed by atoms with Gasteiger partial charge in [0.05, 0.1) is 18.2 Å². The Labute approximate surface area is 140 Å². The van der Waals surface area contributed by atoms with Crippen molar-refractivity contribution < 1.29 is 14.3 Å². The molecule has 22 heavy (non-hydrogen) atoms. The van der Waals surface area contributed by atoms with Crippen LogP contribution < -0.4 is 14.9 Å². The first-order valence-electron chi connectivity index (χ1n) is 7.41. The van der Waals surface area contributed by atoms with Crippen LogP contribution in [0.2, 0.25) is 0 Å². The second-order valence-electron chi connectivity index (χ2n) is 4.72. The number of halogens is 1. The molecular weight excluding hydrogens is 348 g/mol. The first-order chi connectivity index (χ1) is 10.6. The number of hydrazone groups is 1. The van der Waals surface area contributed by atoms with E-state index >= 15 is 0 Å². The Morgan fingerprint density at radius 3 is 2.59 bits per heavy atom. The van der Waals surface area contributed by atoms with Gasteiger partial charge in [-0.15, -0.1) is 0 Å². The lowest BCUT2D eigenvalue weighted by atomic mass is 10.1. The van der Waals surface area contributed by atoms with Crippen LogP contribution in [0.5, 0.6) is 11.5 Å². The normalized spacial score (nSPS) is 11.0. The molecule has 0 atom stereocenters. The lowest BCUT2D eigenvalue weighted by Gasteiger charge is -2.12. The van der Waals surface area contributed by atoms with Crippen LogP contribution in [0, 0.1) is 5.92 Å². The number of nitrogens with one attached hydrogen (secondary N) is 1. The van der Waals surface area contributed by atoms with Crippen LogP contribution >= 0.6 is 15.9 Å². The van der Waals surface area contributed by atoms with Crippen molar-refractivity contribution in [3.05, 3.63) is 22.2 Å². The molecule has 0 aliphatic heterocycles. The summed E-state index contributed by atoms with van der Waals surface area (Å²) in [6.07, 6.45) is 3.77. The van der Waals surface area contributed by atoms with Gasteiger partial charge in [0.2, 0.25) is 0 Å². The molecule has 1 aromatic rings. The molecule has 0 aliphatic carbocycles. The largest absolute Gasteiger partial charge is 0.493 e. The predicted octanol–water partition coefficient (Wildman–Crippen LogP) is 4.01. The molecule has 5 nitrogen and oxygen atoms in total. The minimum atomic E-state index is -0.288. The van der Waals surface area contributed by atoms with Crippen LogP contribution in [-0.2, 0) is 0 Å². The quantitative estimate of drug-likeness (QED) is 0.555. The third kappa shape index (κ3) is 5.02. The van der Waals surface area contributed by atoms with Gasteiger partial charge in [-0.25, -0.2) is 5.43 Å². The molecule has 0 bridgehead atoms. The summed E-state index contributed by atoms with van der Waals surface area (Å²) >= 11 is 3.40. The monoisotopic (exact) mass is 370 g/mol. The summed E-state index contributed by atoms with van der Waals surface area (Å²) in [5.41, 5.74) is 2.99. The molecule has 1 rings (SSSR count). The van der Waals surface area contributed by atoms with E-state index in [1.54, 1.807) is 18.3 Å². The summed E-state index contributed by atoms with van der Waals surface area (Å²) < 4.78 is 11.4. The van der Waals surface area contributed by atoms with Gasteiger partial charge in [-0.3, -0.25) is 4.79 Å². The summed E-state index contributed by atoms with van der Waals surface area (Å²) in [5.74, 6) is 1.18. The second kappa shape index (κ2) is 9.46. The fraction of sp³-hybridized carbons (Fsp3) is 0.500. The highest BCUT2D eigenvalue weighted by Crippen LogP contribution is 2.36. The van der Waals surface area contributed by atoms with Crippen molar-refractivity contribution >= 4 is 28.1 Å². The smallest absolute Gasteiger partial charge is 0.271 e. The Balaban J connectivity index is 2.88. The molecule has 1 N–H and O–H groups in total. The number of nitrogens with zero attached hydrogens (tertiary/aromatic N) is 1. The number of ether oxygens (including phenoxy) is 2. The standard InChI is InChI=1S/C16H23BrN2O3/c1-5-11(6-2)10-18-19-16(20)12-8-13(17)15(22-7-3)14(9-12)21-4/h8-11H,5-7H2,1-4H3,(H,19,20)/b18-10-. The highest BCUT2D eigenvalue weighted by molar-refractivity contribution is 9.10. The molecule has 0 aromatic heterocycles. The Morgan fingerprint density at radius 1 is 1.36 bits per heavy atom. The van der Waals surface area contributed by atoms with Crippen LogP contribution in [0.3, 0.4) is 0 Å². The van der Waals surface area contributed by atoms with Crippen LogP contribution in [-0.4, -0.2) is 25.8 Å². The van der Waals surface area contributed by atoms with Gasteiger partial charge in [0.25, 0.3) is 5.91 Å². The number of methoxy groups -OCH3 is 1. The zero-order valence-electron chi connectivity index (χ0n) is 13.5. The van der Waals surface area contributed by atoms with Gasteiger partial charge in [-0.2, -0.15) is 5.10 Å². The van der Waals surface area contributed by atoms with E-state index in [2.05, 4.69) is 40.3 Å². The lowest BCUT2D eigenvalue weighted by molar-refractivity contribution is 0.0954. The third-order valence-electron chi connectivity index (χ3n) is 3.28. The van der Waals surface area contributed by atoms with Crippen molar-refractivity contribution in [1.29, 1.82) is 0 Å². The minimum Gasteiger partial charge on any atom is -0.493 e. The zero-order valence-corrected chi connectivity index (χ0v) is 15.1. The van der Waals surface area contributed by atoms with E-state index in [0.29, 0.717) is 34.1 Å². The maximum absolute atomic E-state index is 12.2. The first-order valence-corrected chi connectivity index (χ1v) is 8.20. The van der Waals surface area contributed by atoms with Gasteiger partial charge in [0.15, 0.2) is 11.5 Å². The van der Waals surface area contributed by atoms with E-state index in [-0.39, 0.29) is 5.91 Å². The first kappa shape index (κ1) is 18.5. The molecule has 0 radical (unpaired) electrons. The van der Waals surface area contributed by atoms with Crippen molar-refractivity contribution in [1.82, 2.24) is 5.43 Å². The Bertz CT molecular complexity index is 528. The number of rotatable bonds is 8. The summed E-state index contributed by atoms with van der Waals surface area (Å²) in [4.78, 5) is 12.2. The van der Waals surface area contributed by atoms with Gasteiger partial charge < -0.3 is 9.47 Å². The molecule has 0 fully saturated rings. The van der Waals surface area contributed by atoms with E-state index < -0.39 is 0 Å². The maximum Gasteiger partial charge on any atom is 0.271 e. The van der Waals surface area contributed by atoms with E-state index in [4.69, 9.17) is 9.47 Å². The van der Waals surface area contributed by atoms with Crippen LogP contribution in [0.1, 0.15) is 44.0 Å². The minimum absolute atomic E-state index is 0.288. The fourth-order valence-corrected chi connectivity index (χ4v) is 2.46. The molecule has 122 valence electrons. The predicted molar refractivity (Wildman–Crippen MR) is 91.9 cm³/mol. The average Bonchev–Trinajstić information content (AvgIpc) is 2.53. The summed E-state index contributed by atoms with van der Waals surface area (Å²) in [6, 6.07) is 3.33. The molecular formula is C16H23BrN2O3. The van der Waals surface area contributed by atoms with Crippen LogP contribution in [0.25, 0.3) is 0 Å². The van der Waals surface area contributed by atoms with E-state index in [9.17, 15) is 4.79 Å². The summed E-state index contributed by atoms with van der Waals surface area (Å²) in [6.45, 7) is 6.59. The topological polar surface area (TPSA) is 59.9 Å². The number of amides is 1. The molecule has 0 heterocycles. The van der Waals surface area contributed by atoms with Crippen molar-refractivity contribution in [2.45, 2.75) is 33.6 Å². The van der Waals surface area contributed by atoms with Gasteiger partial charge in [-0.1, -0.05) is 13.8 Å². The van der Waals surface area contributed by atoms with Crippen LogP contribution in [0.15, 0.2) is 21.7 Å². The second-order valence-corrected chi connectivity index (χ2v) is 5.57. The Morgan fingerprint density at radius 2 is 2.05 bits per heavy atom. The molecule has 6 heteroatoms. The maximum atomic E-state index is 12.2. The van der Waals surface area contributed by atoms with Gasteiger partial charge in [0, 0.05) is 11.8 Å². The number of carbonyl (C=O) groups is 1. The molecule has 0 saturated heterocycles. The van der Waals surface area contributed by atoms with E-state index in [1.165, 1.54) is 7.11 Å². The number of hydrogen-bond acceptors (Lipinski definition) is 4. The summed E-state index contributed by atoms with van der Waals surface area (Å²) in [7, 11) is 1.54.